The first-order valence-electron chi connectivity index (χ1n) is 6.77. The third-order valence-electron chi connectivity index (χ3n) is 2.63. The molecule has 3 nitrogen and oxygen atoms in total. The number of hydrogen-bond donors (Lipinski definition) is 1. The Labute approximate surface area is 122 Å². The Balaban J connectivity index is 2.62. The molecule has 0 fully saturated rings. The minimum atomic E-state index is -1.32. The van der Waals surface area contributed by atoms with Crippen LogP contribution in [0, 0.1) is 11.5 Å². The highest BCUT2D eigenvalue weighted by atomic mass is 28.3. The molecule has 20 heavy (non-hydrogen) atoms. The monoisotopic (exact) mass is 289 g/mol. The van der Waals surface area contributed by atoms with Crippen LogP contribution in [-0.4, -0.2) is 27.3 Å². The van der Waals surface area contributed by atoms with Crippen molar-refractivity contribution in [3.63, 3.8) is 0 Å². The number of carbonyl (C=O) groups is 1. The summed E-state index contributed by atoms with van der Waals surface area (Å²) in [6.07, 6.45) is 0.381. The first-order chi connectivity index (χ1) is 9.30. The van der Waals surface area contributed by atoms with Crippen LogP contribution in [0.1, 0.15) is 18.1 Å². The summed E-state index contributed by atoms with van der Waals surface area (Å²) < 4.78 is 4.58. The molecule has 0 aliphatic carbocycles. The van der Waals surface area contributed by atoms with Crippen molar-refractivity contribution in [1.82, 2.24) is 5.32 Å². The van der Waals surface area contributed by atoms with Gasteiger partial charge in [-0.15, -0.1) is 5.54 Å². The maximum Gasteiger partial charge on any atom is 0.407 e. The number of hydrogen-bond acceptors (Lipinski definition) is 2. The van der Waals surface area contributed by atoms with Gasteiger partial charge in [-0.1, -0.05) is 37.7 Å². The van der Waals surface area contributed by atoms with Crippen LogP contribution in [-0.2, 0) is 11.2 Å². The number of alkyl carbamates (subject to hydrolysis) is 1. The van der Waals surface area contributed by atoms with E-state index in [4.69, 9.17) is 0 Å². The summed E-state index contributed by atoms with van der Waals surface area (Å²) in [7, 11) is 0.0442. The highest BCUT2D eigenvalue weighted by Crippen LogP contribution is 2.07. The molecule has 0 aromatic heterocycles. The Kier molecular flexibility index (Phi) is 5.84. The molecule has 1 N–H and O–H groups in total. The van der Waals surface area contributed by atoms with E-state index in [1.165, 1.54) is 12.7 Å². The summed E-state index contributed by atoms with van der Waals surface area (Å²) in [6.45, 7) is 8.65. The molecule has 0 heterocycles. The van der Waals surface area contributed by atoms with Crippen LogP contribution >= 0.6 is 0 Å². The van der Waals surface area contributed by atoms with E-state index in [0.29, 0.717) is 0 Å². The van der Waals surface area contributed by atoms with Crippen LogP contribution in [0.5, 0.6) is 0 Å². The third kappa shape index (κ3) is 6.44. The lowest BCUT2D eigenvalue weighted by atomic mass is 10.1. The first-order valence-corrected chi connectivity index (χ1v) is 10.3. The molecule has 1 amide bonds. The highest BCUT2D eigenvalue weighted by Gasteiger charge is 2.08. The molecule has 1 aromatic rings. The average Bonchev–Trinajstić information content (AvgIpc) is 2.36. The molecule has 0 saturated carbocycles. The number of carbonyl (C=O) groups excluding carboxylic acids is 1. The Bertz CT molecular complexity index is 506. The quantitative estimate of drug-likeness (QED) is 0.685. The van der Waals surface area contributed by atoms with Crippen molar-refractivity contribution in [1.29, 1.82) is 0 Å². The van der Waals surface area contributed by atoms with Gasteiger partial charge in [0, 0.05) is 11.6 Å². The average molecular weight is 289 g/mol. The maximum atomic E-state index is 11.1. The van der Waals surface area contributed by atoms with Gasteiger partial charge in [0.05, 0.1) is 7.11 Å². The Morgan fingerprint density at radius 2 is 1.90 bits per heavy atom. The van der Waals surface area contributed by atoms with Crippen molar-refractivity contribution in [2.75, 3.05) is 7.11 Å². The number of nitrogens with one attached hydrogen (secondary N) is 1. The summed E-state index contributed by atoms with van der Waals surface area (Å²) in [5.41, 5.74) is 5.57. The molecule has 1 unspecified atom stereocenters. The molecule has 1 aromatic carbocycles. The number of amides is 1. The lowest BCUT2D eigenvalue weighted by molar-refractivity contribution is 0.167. The normalized spacial score (nSPS) is 12.1. The first kappa shape index (κ1) is 16.3. The van der Waals surface area contributed by atoms with Gasteiger partial charge in [0.15, 0.2) is 0 Å². The fourth-order valence-electron chi connectivity index (χ4n) is 1.65. The van der Waals surface area contributed by atoms with E-state index < -0.39 is 14.2 Å². The summed E-state index contributed by atoms with van der Waals surface area (Å²) in [4.78, 5) is 11.1. The van der Waals surface area contributed by atoms with Crippen molar-refractivity contribution >= 4 is 14.2 Å². The van der Waals surface area contributed by atoms with Gasteiger partial charge >= 0.3 is 6.09 Å². The Morgan fingerprint density at radius 1 is 1.30 bits per heavy atom. The van der Waals surface area contributed by atoms with Gasteiger partial charge in [0.1, 0.15) is 8.07 Å². The molecule has 0 aliphatic heterocycles. The van der Waals surface area contributed by atoms with Gasteiger partial charge in [-0.3, -0.25) is 0 Å². The predicted molar refractivity (Wildman–Crippen MR) is 85.4 cm³/mol. The summed E-state index contributed by atoms with van der Waals surface area (Å²) in [5.74, 6) is 3.23. The third-order valence-corrected chi connectivity index (χ3v) is 3.50. The lowest BCUT2D eigenvalue weighted by Gasteiger charge is -2.12. The molecule has 0 spiro atoms. The van der Waals surface area contributed by atoms with Crippen molar-refractivity contribution < 1.29 is 9.53 Å². The number of ether oxygens (including phenoxy) is 1. The van der Waals surface area contributed by atoms with E-state index in [9.17, 15) is 4.79 Å². The number of methoxy groups -OCH3 is 1. The van der Waals surface area contributed by atoms with E-state index in [2.05, 4.69) is 53.3 Å². The van der Waals surface area contributed by atoms with Crippen LogP contribution in [0.15, 0.2) is 24.3 Å². The fraction of sp³-hybridized carbons (Fsp3) is 0.438. The summed E-state index contributed by atoms with van der Waals surface area (Å²) >= 11 is 0. The van der Waals surface area contributed by atoms with E-state index in [-0.39, 0.29) is 6.04 Å². The molecule has 0 saturated heterocycles. The second kappa shape index (κ2) is 7.16. The summed E-state index contributed by atoms with van der Waals surface area (Å²) in [6, 6.07) is 8.23. The van der Waals surface area contributed by atoms with E-state index in [0.717, 1.165) is 12.0 Å². The largest absolute Gasteiger partial charge is 0.453 e. The zero-order valence-corrected chi connectivity index (χ0v) is 13.9. The van der Waals surface area contributed by atoms with Gasteiger partial charge in [-0.25, -0.2) is 4.79 Å². The molecular weight excluding hydrogens is 266 g/mol. The van der Waals surface area contributed by atoms with E-state index in [1.807, 2.05) is 19.1 Å². The van der Waals surface area contributed by atoms with Crippen LogP contribution in [0.3, 0.4) is 0 Å². The van der Waals surface area contributed by atoms with Crippen molar-refractivity contribution in [2.45, 2.75) is 39.0 Å². The van der Waals surface area contributed by atoms with Crippen LogP contribution in [0.25, 0.3) is 0 Å². The smallest absolute Gasteiger partial charge is 0.407 e. The predicted octanol–water partition coefficient (Wildman–Crippen LogP) is 3.20. The zero-order valence-electron chi connectivity index (χ0n) is 12.9. The minimum Gasteiger partial charge on any atom is -0.453 e. The standard InChI is InChI=1S/C16H23NO2Si/c1-13(17-16(18)19-2)12-15-8-6-14(7-9-15)10-11-20(3,4)5/h6-9,13H,12H2,1-5H3,(H,17,18). The number of rotatable bonds is 3. The van der Waals surface area contributed by atoms with Gasteiger partial charge in [0.25, 0.3) is 0 Å². The summed E-state index contributed by atoms with van der Waals surface area (Å²) in [5, 5.41) is 2.75. The Hall–Kier alpha value is -1.73. The second-order valence-corrected chi connectivity index (χ2v) is 10.7. The molecule has 108 valence electrons. The molecule has 4 heteroatoms. The lowest BCUT2D eigenvalue weighted by Crippen LogP contribution is -2.33. The van der Waals surface area contributed by atoms with Crippen molar-refractivity contribution in [3.8, 4) is 11.5 Å². The van der Waals surface area contributed by atoms with Crippen LogP contribution in [0.4, 0.5) is 4.79 Å². The van der Waals surface area contributed by atoms with Crippen LogP contribution in [0.2, 0.25) is 19.6 Å². The van der Waals surface area contributed by atoms with Gasteiger partial charge in [-0.2, -0.15) is 0 Å². The Morgan fingerprint density at radius 3 is 2.40 bits per heavy atom. The molecule has 0 bridgehead atoms. The van der Waals surface area contributed by atoms with E-state index >= 15 is 0 Å². The fourth-order valence-corrected chi connectivity index (χ4v) is 2.17. The molecule has 0 aliphatic rings. The van der Waals surface area contributed by atoms with Crippen LogP contribution < -0.4 is 5.32 Å². The molecule has 0 radical (unpaired) electrons. The van der Waals surface area contributed by atoms with Crippen molar-refractivity contribution in [2.24, 2.45) is 0 Å². The van der Waals surface area contributed by atoms with Gasteiger partial charge in [0.2, 0.25) is 0 Å². The topological polar surface area (TPSA) is 38.3 Å². The minimum absolute atomic E-state index is 0.0429. The van der Waals surface area contributed by atoms with E-state index in [1.54, 1.807) is 0 Å². The second-order valence-electron chi connectivity index (χ2n) is 5.94. The molecular formula is C16H23NO2Si. The maximum absolute atomic E-state index is 11.1. The zero-order chi connectivity index (χ0) is 15.2. The highest BCUT2D eigenvalue weighted by molar-refractivity contribution is 6.83. The SMILES string of the molecule is COC(=O)NC(C)Cc1ccc(C#C[Si](C)(C)C)cc1. The molecule has 1 atom stereocenters. The van der Waals surface area contributed by atoms with Gasteiger partial charge in [-0.05, 0) is 31.0 Å². The van der Waals surface area contributed by atoms with Crippen molar-refractivity contribution in [3.05, 3.63) is 35.4 Å². The van der Waals surface area contributed by atoms with Gasteiger partial charge < -0.3 is 10.1 Å². The number of benzene rings is 1. The molecule has 1 rings (SSSR count).